The fraction of sp³-hybridized carbons (Fsp3) is 0.720. The average Bonchev–Trinajstić information content (AvgIpc) is 2.80. The lowest BCUT2D eigenvalue weighted by atomic mass is 9.96. The number of carbonyl (C=O) groups excluding carboxylic acids is 5. The van der Waals surface area contributed by atoms with Crippen LogP contribution in [-0.4, -0.2) is 97.9 Å². The van der Waals surface area contributed by atoms with E-state index in [9.17, 15) is 24.0 Å². The molecule has 0 aromatic carbocycles. The van der Waals surface area contributed by atoms with Crippen LogP contribution in [0.25, 0.3) is 0 Å². The van der Waals surface area contributed by atoms with Crippen LogP contribution in [0.3, 0.4) is 0 Å². The second-order valence-electron chi connectivity index (χ2n) is 8.91. The molecule has 0 N–H and O–H groups in total. The normalized spacial score (nSPS) is 34.1. The Kier molecular flexibility index (Phi) is 11.7. The summed E-state index contributed by atoms with van der Waals surface area (Å²) in [5, 5.41) is 0. The Morgan fingerprint density at radius 3 is 1.41 bits per heavy atom. The lowest BCUT2D eigenvalue weighted by molar-refractivity contribution is -0.353. The fourth-order valence-corrected chi connectivity index (χ4v) is 4.30. The Morgan fingerprint density at radius 1 is 0.590 bits per heavy atom. The molecule has 2 aliphatic heterocycles. The van der Waals surface area contributed by atoms with Crippen molar-refractivity contribution in [2.24, 2.45) is 0 Å². The Bertz CT molecular complexity index is 957. The van der Waals surface area contributed by atoms with Crippen LogP contribution in [0.15, 0.2) is 0 Å². The van der Waals surface area contributed by atoms with Crippen LogP contribution >= 0.6 is 0 Å². The molecule has 2 rings (SSSR count). The fourth-order valence-electron chi connectivity index (χ4n) is 4.30. The predicted octanol–water partition coefficient (Wildman–Crippen LogP) is 0.170. The highest BCUT2D eigenvalue weighted by Crippen LogP contribution is 2.34. The van der Waals surface area contributed by atoms with Gasteiger partial charge >= 0.3 is 29.8 Å². The summed E-state index contributed by atoms with van der Waals surface area (Å²) in [6.45, 7) is 8.56. The van der Waals surface area contributed by atoms with Gasteiger partial charge in [-0.05, 0) is 13.8 Å². The van der Waals surface area contributed by atoms with Gasteiger partial charge in [0.05, 0.1) is 12.2 Å². The molecule has 218 valence electrons. The van der Waals surface area contributed by atoms with Gasteiger partial charge in [0, 0.05) is 34.6 Å². The zero-order valence-electron chi connectivity index (χ0n) is 22.8. The first kappa shape index (κ1) is 32.0. The van der Waals surface area contributed by atoms with Gasteiger partial charge in [-0.1, -0.05) is 5.92 Å². The first-order valence-corrected chi connectivity index (χ1v) is 12.1. The minimum Gasteiger partial charge on any atom is -0.456 e. The molecule has 0 radical (unpaired) electrons. The summed E-state index contributed by atoms with van der Waals surface area (Å²) in [5.74, 6) is -1.42. The van der Waals surface area contributed by atoms with E-state index in [2.05, 4.69) is 5.92 Å². The van der Waals surface area contributed by atoms with Crippen LogP contribution < -0.4 is 0 Å². The molecule has 0 aromatic heterocycles. The van der Waals surface area contributed by atoms with Gasteiger partial charge in [-0.15, -0.1) is 6.42 Å². The number of terminal acetylenes is 1. The minimum atomic E-state index is -1.45. The van der Waals surface area contributed by atoms with Crippen molar-refractivity contribution in [1.29, 1.82) is 0 Å². The first-order valence-electron chi connectivity index (χ1n) is 12.1. The maximum Gasteiger partial charge on any atom is 0.303 e. The molecule has 14 nitrogen and oxygen atoms in total. The summed E-state index contributed by atoms with van der Waals surface area (Å²) in [5.41, 5.74) is 0. The molecule has 39 heavy (non-hydrogen) atoms. The van der Waals surface area contributed by atoms with Gasteiger partial charge in [0.25, 0.3) is 0 Å². The Balaban J connectivity index is 2.49. The van der Waals surface area contributed by atoms with Crippen LogP contribution in [-0.2, 0) is 66.6 Å². The van der Waals surface area contributed by atoms with E-state index in [1.165, 1.54) is 6.92 Å². The molecule has 2 fully saturated rings. The van der Waals surface area contributed by atoms with Crippen molar-refractivity contribution in [2.75, 3.05) is 6.61 Å². The van der Waals surface area contributed by atoms with Crippen molar-refractivity contribution in [3.8, 4) is 12.3 Å². The molecule has 10 atom stereocenters. The maximum atomic E-state index is 12.1. The van der Waals surface area contributed by atoms with Crippen molar-refractivity contribution < 1.29 is 66.6 Å². The summed E-state index contributed by atoms with van der Waals surface area (Å²) in [6, 6.07) is 0. The van der Waals surface area contributed by atoms with Crippen molar-refractivity contribution in [1.82, 2.24) is 0 Å². The molecule has 2 heterocycles. The van der Waals surface area contributed by atoms with Gasteiger partial charge in [0.1, 0.15) is 12.7 Å². The second-order valence-corrected chi connectivity index (χ2v) is 8.91. The van der Waals surface area contributed by atoms with Gasteiger partial charge < -0.3 is 42.6 Å². The molecule has 0 aliphatic carbocycles. The van der Waals surface area contributed by atoms with Gasteiger partial charge in [0.15, 0.2) is 43.1 Å². The van der Waals surface area contributed by atoms with E-state index in [0.29, 0.717) is 0 Å². The average molecular weight is 559 g/mol. The minimum absolute atomic E-state index is 0.202. The predicted molar refractivity (Wildman–Crippen MR) is 126 cm³/mol. The lowest BCUT2D eigenvalue weighted by Crippen LogP contribution is -2.65. The molecular weight excluding hydrogens is 524 g/mol. The molecule has 0 saturated carbocycles. The van der Waals surface area contributed by atoms with E-state index in [0.717, 1.165) is 34.6 Å². The Morgan fingerprint density at radius 2 is 0.949 bits per heavy atom. The topological polar surface area (TPSA) is 168 Å². The van der Waals surface area contributed by atoms with Crippen LogP contribution in [0.5, 0.6) is 0 Å². The van der Waals surface area contributed by atoms with Gasteiger partial charge in [0.2, 0.25) is 0 Å². The second kappa shape index (κ2) is 14.2. The van der Waals surface area contributed by atoms with E-state index in [1.807, 2.05) is 0 Å². The first-order chi connectivity index (χ1) is 18.2. The zero-order chi connectivity index (χ0) is 29.4. The standard InChI is InChI=1S/C25H34O14/c1-9-10-31-24-22(37-16(7)29)21(36-15(6)28)19(12(3)32-24)39-25-23(38-17(8)30)20(35-14(5)27)18(11(2)33-25)34-13(4)26/h1,11-12,18-25H,10H2,2-8H3/t11?,12?,18-,19-,20?,21?,22?,23?,24+,25-/m0/s1. The highest BCUT2D eigenvalue weighted by molar-refractivity contribution is 5.69. The number of carbonyl (C=O) groups is 5. The number of ether oxygens (including phenoxy) is 9. The maximum absolute atomic E-state index is 12.1. The van der Waals surface area contributed by atoms with Crippen LogP contribution in [0.2, 0.25) is 0 Å². The number of rotatable bonds is 9. The number of esters is 5. The Labute approximate surface area is 225 Å². The van der Waals surface area contributed by atoms with E-state index >= 15 is 0 Å². The molecule has 0 amide bonds. The van der Waals surface area contributed by atoms with Crippen LogP contribution in [0.1, 0.15) is 48.5 Å². The molecule has 0 spiro atoms. The van der Waals surface area contributed by atoms with E-state index in [-0.39, 0.29) is 6.61 Å². The largest absolute Gasteiger partial charge is 0.456 e. The third-order valence-corrected chi connectivity index (χ3v) is 5.59. The smallest absolute Gasteiger partial charge is 0.303 e. The van der Waals surface area contributed by atoms with Crippen molar-refractivity contribution in [3.63, 3.8) is 0 Å². The summed E-state index contributed by atoms with van der Waals surface area (Å²) < 4.78 is 50.3. The summed E-state index contributed by atoms with van der Waals surface area (Å²) >= 11 is 0. The van der Waals surface area contributed by atoms with E-state index in [4.69, 9.17) is 49.1 Å². The molecule has 2 saturated heterocycles. The van der Waals surface area contributed by atoms with Crippen molar-refractivity contribution in [2.45, 2.75) is 110 Å². The third kappa shape index (κ3) is 8.89. The van der Waals surface area contributed by atoms with Gasteiger partial charge in [-0.2, -0.15) is 0 Å². The quantitative estimate of drug-likeness (QED) is 0.213. The van der Waals surface area contributed by atoms with Crippen LogP contribution in [0.4, 0.5) is 0 Å². The highest BCUT2D eigenvalue weighted by atomic mass is 16.8. The molecule has 14 heteroatoms. The number of hydrogen-bond acceptors (Lipinski definition) is 14. The summed E-state index contributed by atoms with van der Waals surface area (Å²) in [7, 11) is 0. The van der Waals surface area contributed by atoms with Crippen molar-refractivity contribution in [3.05, 3.63) is 0 Å². The highest BCUT2D eigenvalue weighted by Gasteiger charge is 2.55. The molecular formula is C25H34O14. The molecule has 2 aliphatic rings. The van der Waals surface area contributed by atoms with Crippen molar-refractivity contribution >= 4 is 29.8 Å². The van der Waals surface area contributed by atoms with Gasteiger partial charge in [-0.3, -0.25) is 24.0 Å². The van der Waals surface area contributed by atoms with Crippen LogP contribution in [0, 0.1) is 12.3 Å². The molecule has 0 aromatic rings. The molecule has 6 unspecified atom stereocenters. The third-order valence-electron chi connectivity index (χ3n) is 5.59. The summed E-state index contributed by atoms with van der Waals surface area (Å²) in [6.07, 6.45) is -6.92. The van der Waals surface area contributed by atoms with E-state index < -0.39 is 91.3 Å². The van der Waals surface area contributed by atoms with Gasteiger partial charge in [-0.25, -0.2) is 0 Å². The Hall–Kier alpha value is -3.25. The zero-order valence-corrected chi connectivity index (χ0v) is 22.8. The lowest BCUT2D eigenvalue weighted by Gasteiger charge is -2.48. The monoisotopic (exact) mass is 558 g/mol. The summed E-state index contributed by atoms with van der Waals surface area (Å²) in [4.78, 5) is 59.6. The number of hydrogen-bond donors (Lipinski definition) is 0. The SMILES string of the molecule is C#CCO[C@@H]1OC(C)[C@H](O[C@@H]2OC(C)[C@H](OC(C)=O)C(OC(C)=O)C2OC(C)=O)C(OC(C)=O)C1OC(C)=O. The molecule has 0 bridgehead atoms. The van der Waals surface area contributed by atoms with E-state index in [1.54, 1.807) is 6.92 Å².